The number of carbonyl (C=O) groups is 2. The van der Waals surface area contributed by atoms with Gasteiger partial charge < -0.3 is 10.6 Å². The van der Waals surface area contributed by atoms with Crippen molar-refractivity contribution < 1.29 is 22.8 Å². The number of alkyl halides is 3. The quantitative estimate of drug-likeness (QED) is 0.265. The summed E-state index contributed by atoms with van der Waals surface area (Å²) in [7, 11) is 0. The van der Waals surface area contributed by atoms with Gasteiger partial charge in [0.25, 0.3) is 11.8 Å². The van der Waals surface area contributed by atoms with E-state index in [2.05, 4.69) is 24.5 Å². The first kappa shape index (κ1) is 26.7. The number of hydrogen-bond donors (Lipinski definition) is 2. The topological polar surface area (TPSA) is 58.2 Å². The summed E-state index contributed by atoms with van der Waals surface area (Å²) in [5, 5.41) is 5.68. The van der Waals surface area contributed by atoms with Gasteiger partial charge in [-0.25, -0.2) is 0 Å². The molecule has 0 aromatic heterocycles. The molecule has 2 amide bonds. The number of hydrogen-bond acceptors (Lipinski definition) is 2. The molecular formula is C31H27F3N2O2. The smallest absolute Gasteiger partial charge is 0.348 e. The van der Waals surface area contributed by atoms with Crippen molar-refractivity contribution in [2.45, 2.75) is 32.5 Å². The van der Waals surface area contributed by atoms with Gasteiger partial charge in [-0.15, -0.1) is 0 Å². The van der Waals surface area contributed by atoms with E-state index in [1.807, 2.05) is 24.3 Å². The van der Waals surface area contributed by atoms with Crippen LogP contribution in [-0.4, -0.2) is 11.8 Å². The van der Waals surface area contributed by atoms with E-state index in [1.165, 1.54) is 17.7 Å². The van der Waals surface area contributed by atoms with Crippen LogP contribution in [0.25, 0.3) is 11.1 Å². The molecule has 0 spiro atoms. The summed E-state index contributed by atoms with van der Waals surface area (Å²) >= 11 is 0. The molecule has 4 aromatic rings. The maximum absolute atomic E-state index is 13.1. The van der Waals surface area contributed by atoms with E-state index >= 15 is 0 Å². The monoisotopic (exact) mass is 516 g/mol. The van der Waals surface area contributed by atoms with Gasteiger partial charge in [-0.05, 0) is 64.6 Å². The van der Waals surface area contributed by atoms with Crippen molar-refractivity contribution in [3.63, 3.8) is 0 Å². The molecule has 7 heteroatoms. The van der Waals surface area contributed by atoms with Crippen LogP contribution in [0, 0.1) is 0 Å². The van der Waals surface area contributed by atoms with Gasteiger partial charge in [-0.3, -0.25) is 9.59 Å². The van der Waals surface area contributed by atoms with Crippen LogP contribution in [0.3, 0.4) is 0 Å². The molecule has 4 aromatic carbocycles. The number of nitrogens with one attached hydrogen (secondary N) is 2. The Bertz CT molecular complexity index is 1430. The lowest BCUT2D eigenvalue weighted by Crippen LogP contribution is -2.23. The first-order chi connectivity index (χ1) is 18.1. The Morgan fingerprint density at radius 1 is 0.789 bits per heavy atom. The van der Waals surface area contributed by atoms with Crippen molar-refractivity contribution in [1.29, 1.82) is 0 Å². The van der Waals surface area contributed by atoms with Crippen molar-refractivity contribution in [3.8, 4) is 11.1 Å². The third-order valence-electron chi connectivity index (χ3n) is 6.18. The molecule has 2 N–H and O–H groups in total. The SMILES string of the molecule is CC(C)c1ccc(CNC(=O)c2cccc(NC(=O)c3ccccc3-c3ccc(C(F)(F)F)cc3)c2)cc1. The van der Waals surface area contributed by atoms with Gasteiger partial charge in [0, 0.05) is 23.4 Å². The zero-order valence-electron chi connectivity index (χ0n) is 21.0. The van der Waals surface area contributed by atoms with Gasteiger partial charge in [0.1, 0.15) is 0 Å². The molecule has 0 heterocycles. The molecule has 0 unspecified atom stereocenters. The largest absolute Gasteiger partial charge is 0.416 e. The molecule has 0 radical (unpaired) electrons. The van der Waals surface area contributed by atoms with Crippen LogP contribution >= 0.6 is 0 Å². The van der Waals surface area contributed by atoms with Crippen molar-refractivity contribution in [2.24, 2.45) is 0 Å². The van der Waals surface area contributed by atoms with Crippen molar-refractivity contribution >= 4 is 17.5 Å². The van der Waals surface area contributed by atoms with Gasteiger partial charge in [0.05, 0.1) is 5.56 Å². The normalized spacial score (nSPS) is 11.3. The summed E-state index contributed by atoms with van der Waals surface area (Å²) in [6.45, 7) is 4.61. The minimum absolute atomic E-state index is 0.279. The number of rotatable bonds is 7. The number of anilines is 1. The predicted octanol–water partition coefficient (Wildman–Crippen LogP) is 7.68. The van der Waals surface area contributed by atoms with Crippen molar-refractivity contribution in [2.75, 3.05) is 5.32 Å². The standard InChI is InChI=1S/C31H27F3N2O2/c1-20(2)22-12-10-21(11-13-22)19-35-29(37)24-6-5-7-26(18-24)36-30(38)28-9-4-3-8-27(28)23-14-16-25(17-15-23)31(32,33)34/h3-18,20H,19H2,1-2H3,(H,35,37)(H,36,38). The molecule has 38 heavy (non-hydrogen) atoms. The first-order valence-corrected chi connectivity index (χ1v) is 12.2. The van der Waals surface area contributed by atoms with Crippen LogP contribution in [0.5, 0.6) is 0 Å². The molecule has 0 fully saturated rings. The minimum atomic E-state index is -4.44. The molecule has 0 saturated heterocycles. The molecule has 4 rings (SSSR count). The molecule has 0 bridgehead atoms. The average Bonchev–Trinajstić information content (AvgIpc) is 2.91. The van der Waals surface area contributed by atoms with Gasteiger partial charge in [0.2, 0.25) is 0 Å². The highest BCUT2D eigenvalue weighted by Crippen LogP contribution is 2.32. The van der Waals surface area contributed by atoms with Crippen LogP contribution < -0.4 is 10.6 Å². The van der Waals surface area contributed by atoms with Crippen LogP contribution in [0.15, 0.2) is 97.1 Å². The lowest BCUT2D eigenvalue weighted by atomic mass is 9.98. The van der Waals surface area contributed by atoms with Gasteiger partial charge in [0.15, 0.2) is 0 Å². The lowest BCUT2D eigenvalue weighted by molar-refractivity contribution is -0.137. The Kier molecular flexibility index (Phi) is 7.96. The van der Waals surface area contributed by atoms with E-state index in [0.717, 1.165) is 17.7 Å². The number of halogens is 3. The second-order valence-corrected chi connectivity index (χ2v) is 9.23. The van der Waals surface area contributed by atoms with E-state index in [0.29, 0.717) is 40.4 Å². The Balaban J connectivity index is 1.45. The molecule has 0 aliphatic rings. The second kappa shape index (κ2) is 11.3. The summed E-state index contributed by atoms with van der Waals surface area (Å²) in [4.78, 5) is 25.8. The molecule has 0 aliphatic carbocycles. The number of amides is 2. The van der Waals surface area contributed by atoms with E-state index in [-0.39, 0.29) is 5.91 Å². The van der Waals surface area contributed by atoms with Crippen LogP contribution in [0.1, 0.15) is 57.2 Å². The molecule has 0 saturated carbocycles. The zero-order chi connectivity index (χ0) is 27.3. The first-order valence-electron chi connectivity index (χ1n) is 12.2. The molecular weight excluding hydrogens is 489 g/mol. The zero-order valence-corrected chi connectivity index (χ0v) is 21.0. The fourth-order valence-electron chi connectivity index (χ4n) is 4.01. The highest BCUT2D eigenvalue weighted by atomic mass is 19.4. The Hall–Kier alpha value is -4.39. The lowest BCUT2D eigenvalue weighted by Gasteiger charge is -2.13. The summed E-state index contributed by atoms with van der Waals surface area (Å²) in [6.07, 6.45) is -4.44. The second-order valence-electron chi connectivity index (χ2n) is 9.23. The number of carbonyl (C=O) groups excluding carboxylic acids is 2. The summed E-state index contributed by atoms with van der Waals surface area (Å²) in [5.74, 6) is -0.291. The Morgan fingerprint density at radius 3 is 2.13 bits per heavy atom. The third-order valence-corrected chi connectivity index (χ3v) is 6.18. The number of benzene rings is 4. The fourth-order valence-corrected chi connectivity index (χ4v) is 4.01. The molecule has 0 aliphatic heterocycles. The average molecular weight is 517 g/mol. The highest BCUT2D eigenvalue weighted by molar-refractivity contribution is 6.09. The van der Waals surface area contributed by atoms with Crippen molar-refractivity contribution in [3.05, 3.63) is 125 Å². The molecule has 4 nitrogen and oxygen atoms in total. The predicted molar refractivity (Wildman–Crippen MR) is 143 cm³/mol. The van der Waals surface area contributed by atoms with E-state index in [1.54, 1.807) is 48.5 Å². The molecule has 194 valence electrons. The van der Waals surface area contributed by atoms with E-state index in [4.69, 9.17) is 0 Å². The summed E-state index contributed by atoms with van der Waals surface area (Å²) in [6, 6.07) is 26.0. The van der Waals surface area contributed by atoms with Gasteiger partial charge in [-0.2, -0.15) is 13.2 Å². The van der Waals surface area contributed by atoms with Crippen molar-refractivity contribution in [1.82, 2.24) is 5.32 Å². The molecule has 0 atom stereocenters. The van der Waals surface area contributed by atoms with Crippen LogP contribution in [0.4, 0.5) is 18.9 Å². The fraction of sp³-hybridized carbons (Fsp3) is 0.161. The maximum Gasteiger partial charge on any atom is 0.416 e. The van der Waals surface area contributed by atoms with Crippen LogP contribution in [0.2, 0.25) is 0 Å². The summed E-state index contributed by atoms with van der Waals surface area (Å²) in [5.41, 5.74) is 3.53. The highest BCUT2D eigenvalue weighted by Gasteiger charge is 2.30. The minimum Gasteiger partial charge on any atom is -0.348 e. The maximum atomic E-state index is 13.1. The van der Waals surface area contributed by atoms with E-state index < -0.39 is 17.6 Å². The Morgan fingerprint density at radius 2 is 1.47 bits per heavy atom. The summed E-state index contributed by atoms with van der Waals surface area (Å²) < 4.78 is 38.8. The van der Waals surface area contributed by atoms with E-state index in [9.17, 15) is 22.8 Å². The van der Waals surface area contributed by atoms with Gasteiger partial charge in [-0.1, -0.05) is 74.5 Å². The van der Waals surface area contributed by atoms with Crippen LogP contribution in [-0.2, 0) is 12.7 Å². The Labute approximate surface area is 219 Å². The van der Waals surface area contributed by atoms with Gasteiger partial charge >= 0.3 is 6.18 Å². The third kappa shape index (κ3) is 6.48.